The number of aromatic nitrogens is 4. The van der Waals surface area contributed by atoms with Crippen LogP contribution in [0.1, 0.15) is 18.1 Å². The molecule has 0 spiro atoms. The molecule has 6 heteroatoms. The van der Waals surface area contributed by atoms with Gasteiger partial charge in [0.25, 0.3) is 5.95 Å². The largest absolute Gasteiger partial charge is 0.348 e. The van der Waals surface area contributed by atoms with Crippen molar-refractivity contribution >= 4 is 18.4 Å². The predicted octanol–water partition coefficient (Wildman–Crippen LogP) is 1.80. The van der Waals surface area contributed by atoms with E-state index in [1.807, 2.05) is 0 Å². The first-order valence-electron chi connectivity index (χ1n) is 4.93. The minimum Gasteiger partial charge on any atom is -0.348 e. The number of nitrogens with one attached hydrogen (secondary N) is 2. The van der Waals surface area contributed by atoms with Gasteiger partial charge in [-0.1, -0.05) is 36.3 Å². The molecule has 0 saturated carbocycles. The highest BCUT2D eigenvalue weighted by molar-refractivity contribution is 5.85. The summed E-state index contributed by atoms with van der Waals surface area (Å²) in [6.45, 7) is 2.86. The summed E-state index contributed by atoms with van der Waals surface area (Å²) in [4.78, 5) is 0. The zero-order valence-electron chi connectivity index (χ0n) is 8.97. The molecule has 86 valence electrons. The number of tetrazole rings is 1. The topological polar surface area (TPSA) is 66.5 Å². The maximum Gasteiger partial charge on any atom is 0.263 e. The van der Waals surface area contributed by atoms with Crippen LogP contribution in [0.5, 0.6) is 0 Å². The summed E-state index contributed by atoms with van der Waals surface area (Å²) < 4.78 is 0. The van der Waals surface area contributed by atoms with Gasteiger partial charge in [-0.2, -0.15) is 5.21 Å². The molecule has 0 aliphatic rings. The van der Waals surface area contributed by atoms with Crippen LogP contribution >= 0.6 is 12.4 Å². The monoisotopic (exact) mass is 239 g/mol. The van der Waals surface area contributed by atoms with E-state index in [1.165, 1.54) is 11.1 Å². The van der Waals surface area contributed by atoms with E-state index < -0.39 is 0 Å². The van der Waals surface area contributed by atoms with Gasteiger partial charge in [0, 0.05) is 6.54 Å². The molecule has 0 aliphatic carbocycles. The molecule has 0 aliphatic heterocycles. The van der Waals surface area contributed by atoms with Gasteiger partial charge in [0.05, 0.1) is 0 Å². The molecular formula is C10H14ClN5. The zero-order valence-corrected chi connectivity index (χ0v) is 9.79. The Hall–Kier alpha value is -1.62. The molecule has 0 amide bonds. The first kappa shape index (κ1) is 12.4. The fraction of sp³-hybridized carbons (Fsp3) is 0.300. The minimum atomic E-state index is 0. The SMILES string of the molecule is CCc1ccc(CNc2nn[nH]n2)cc1.Cl. The number of aryl methyl sites for hydroxylation is 1. The van der Waals surface area contributed by atoms with Crippen LogP contribution in [0, 0.1) is 0 Å². The first-order chi connectivity index (χ1) is 7.38. The lowest BCUT2D eigenvalue weighted by molar-refractivity contribution is 0.881. The van der Waals surface area contributed by atoms with Gasteiger partial charge in [-0.25, -0.2) is 0 Å². The van der Waals surface area contributed by atoms with E-state index in [0.29, 0.717) is 12.5 Å². The highest BCUT2D eigenvalue weighted by Gasteiger charge is 1.97. The van der Waals surface area contributed by atoms with E-state index in [-0.39, 0.29) is 12.4 Å². The second-order valence-corrected chi connectivity index (χ2v) is 3.26. The second kappa shape index (κ2) is 6.07. The van der Waals surface area contributed by atoms with Crippen LogP contribution in [0.15, 0.2) is 24.3 Å². The molecule has 0 unspecified atom stereocenters. The van der Waals surface area contributed by atoms with Crippen LogP contribution in [-0.4, -0.2) is 20.6 Å². The fourth-order valence-corrected chi connectivity index (χ4v) is 1.31. The number of H-pyrrole nitrogens is 1. The summed E-state index contributed by atoms with van der Waals surface area (Å²) in [5.41, 5.74) is 2.55. The minimum absolute atomic E-state index is 0. The van der Waals surface area contributed by atoms with Crippen LogP contribution in [-0.2, 0) is 13.0 Å². The third-order valence-electron chi connectivity index (χ3n) is 2.23. The maximum absolute atomic E-state index is 3.81. The van der Waals surface area contributed by atoms with Gasteiger partial charge in [-0.15, -0.1) is 17.5 Å². The molecule has 1 aromatic carbocycles. The van der Waals surface area contributed by atoms with Crippen molar-refractivity contribution in [3.8, 4) is 0 Å². The normalized spacial score (nSPS) is 9.56. The summed E-state index contributed by atoms with van der Waals surface area (Å²) in [5.74, 6) is 0.523. The number of rotatable bonds is 4. The van der Waals surface area contributed by atoms with Gasteiger partial charge in [0.2, 0.25) is 0 Å². The van der Waals surface area contributed by atoms with Crippen LogP contribution in [0.25, 0.3) is 0 Å². The highest BCUT2D eigenvalue weighted by Crippen LogP contribution is 2.06. The van der Waals surface area contributed by atoms with E-state index in [1.54, 1.807) is 0 Å². The summed E-state index contributed by atoms with van der Waals surface area (Å²) in [5, 5.41) is 16.5. The molecular weight excluding hydrogens is 226 g/mol. The van der Waals surface area contributed by atoms with Gasteiger partial charge in [0.15, 0.2) is 0 Å². The number of aromatic amines is 1. The quantitative estimate of drug-likeness (QED) is 0.854. The van der Waals surface area contributed by atoms with E-state index >= 15 is 0 Å². The molecule has 0 atom stereocenters. The van der Waals surface area contributed by atoms with E-state index in [2.05, 4.69) is 57.1 Å². The summed E-state index contributed by atoms with van der Waals surface area (Å²) in [6.07, 6.45) is 1.07. The van der Waals surface area contributed by atoms with Crippen LogP contribution in [0.2, 0.25) is 0 Å². The Morgan fingerprint density at radius 2 is 1.88 bits per heavy atom. The van der Waals surface area contributed by atoms with Gasteiger partial charge in [-0.3, -0.25) is 0 Å². The Morgan fingerprint density at radius 3 is 2.44 bits per heavy atom. The molecule has 16 heavy (non-hydrogen) atoms. The number of benzene rings is 1. The van der Waals surface area contributed by atoms with E-state index in [4.69, 9.17) is 0 Å². The van der Waals surface area contributed by atoms with Gasteiger partial charge >= 0.3 is 0 Å². The molecule has 2 aromatic rings. The number of anilines is 1. The molecule has 0 radical (unpaired) electrons. The molecule has 5 nitrogen and oxygen atoms in total. The van der Waals surface area contributed by atoms with Gasteiger partial charge in [-0.05, 0) is 22.8 Å². The number of nitrogens with zero attached hydrogens (tertiary/aromatic N) is 3. The fourth-order valence-electron chi connectivity index (χ4n) is 1.31. The highest BCUT2D eigenvalue weighted by atomic mass is 35.5. The van der Waals surface area contributed by atoms with Gasteiger partial charge in [0.1, 0.15) is 0 Å². The lowest BCUT2D eigenvalue weighted by atomic mass is 10.1. The molecule has 1 aromatic heterocycles. The third-order valence-corrected chi connectivity index (χ3v) is 2.23. The molecule has 2 rings (SSSR count). The van der Waals surface area contributed by atoms with Crippen molar-refractivity contribution in [1.29, 1.82) is 0 Å². The second-order valence-electron chi connectivity index (χ2n) is 3.26. The Balaban J connectivity index is 0.00000128. The Morgan fingerprint density at radius 1 is 1.19 bits per heavy atom. The third kappa shape index (κ3) is 3.20. The summed E-state index contributed by atoms with van der Waals surface area (Å²) in [7, 11) is 0. The van der Waals surface area contributed by atoms with Crippen LogP contribution < -0.4 is 5.32 Å². The summed E-state index contributed by atoms with van der Waals surface area (Å²) >= 11 is 0. The molecule has 0 saturated heterocycles. The van der Waals surface area contributed by atoms with E-state index in [0.717, 1.165) is 6.42 Å². The Labute approximate surface area is 100 Å². The lowest BCUT2D eigenvalue weighted by Gasteiger charge is -2.02. The van der Waals surface area contributed by atoms with Crippen molar-refractivity contribution < 1.29 is 0 Å². The average molecular weight is 240 g/mol. The first-order valence-corrected chi connectivity index (χ1v) is 4.93. The van der Waals surface area contributed by atoms with Crippen molar-refractivity contribution in [2.24, 2.45) is 0 Å². The maximum atomic E-state index is 3.81. The summed E-state index contributed by atoms with van der Waals surface area (Å²) in [6, 6.07) is 8.47. The number of hydrogen-bond acceptors (Lipinski definition) is 4. The standard InChI is InChI=1S/C10H13N5.ClH/c1-2-8-3-5-9(6-4-8)7-11-10-12-14-15-13-10;/h3-6H,2,7H2,1H3,(H2,11,12,13,14,15);1H. The van der Waals surface area contributed by atoms with Crippen LogP contribution in [0.3, 0.4) is 0 Å². The van der Waals surface area contributed by atoms with Crippen LogP contribution in [0.4, 0.5) is 5.95 Å². The zero-order chi connectivity index (χ0) is 10.5. The Kier molecular flexibility index (Phi) is 4.72. The number of hydrogen-bond donors (Lipinski definition) is 2. The lowest BCUT2D eigenvalue weighted by Crippen LogP contribution is -2.01. The molecule has 2 N–H and O–H groups in total. The van der Waals surface area contributed by atoms with E-state index in [9.17, 15) is 0 Å². The van der Waals surface area contributed by atoms with Crippen molar-refractivity contribution in [2.45, 2.75) is 19.9 Å². The number of halogens is 1. The predicted molar refractivity (Wildman–Crippen MR) is 64.6 cm³/mol. The van der Waals surface area contributed by atoms with Crippen molar-refractivity contribution in [1.82, 2.24) is 20.6 Å². The van der Waals surface area contributed by atoms with Crippen molar-refractivity contribution in [2.75, 3.05) is 5.32 Å². The molecule has 0 bridgehead atoms. The smallest absolute Gasteiger partial charge is 0.263 e. The molecule has 0 fully saturated rings. The van der Waals surface area contributed by atoms with Crippen molar-refractivity contribution in [3.63, 3.8) is 0 Å². The van der Waals surface area contributed by atoms with Crippen molar-refractivity contribution in [3.05, 3.63) is 35.4 Å². The average Bonchev–Trinajstić information content (AvgIpc) is 2.80. The molecule has 1 heterocycles. The van der Waals surface area contributed by atoms with Gasteiger partial charge < -0.3 is 5.32 Å². The Bertz CT molecular complexity index is 398.